The van der Waals surface area contributed by atoms with E-state index in [0.717, 1.165) is 16.7 Å². The van der Waals surface area contributed by atoms with E-state index in [2.05, 4.69) is 32.6 Å². The van der Waals surface area contributed by atoms with E-state index in [0.29, 0.717) is 0 Å². The molecule has 1 heterocycles. The number of aromatic nitrogens is 2. The van der Waals surface area contributed by atoms with Crippen molar-refractivity contribution in [1.29, 1.82) is 0 Å². The van der Waals surface area contributed by atoms with Crippen LogP contribution in [-0.2, 0) is 6.42 Å². The Kier molecular flexibility index (Phi) is 2.90. The molecule has 0 atom stereocenters. The monoisotopic (exact) mass is 234 g/mol. The first-order valence-electron chi connectivity index (χ1n) is 2.75. The van der Waals surface area contributed by atoms with Crippen LogP contribution in [0.5, 0.6) is 0 Å². The molecule has 0 spiro atoms. The summed E-state index contributed by atoms with van der Waals surface area (Å²) in [5.74, 6) is 0.937. The average Bonchev–Trinajstić information content (AvgIpc) is 1.91. The van der Waals surface area contributed by atoms with E-state index in [1.54, 1.807) is 12.4 Å². The molecule has 1 rings (SSSR count). The molecule has 0 aliphatic heterocycles. The van der Waals surface area contributed by atoms with E-state index in [1.165, 1.54) is 0 Å². The standard InChI is InChI=1S/C6H7IN2/c7-3-2-6-8-4-1-5-9-6/h1,4-5H,2-3H2. The highest BCUT2D eigenvalue weighted by Crippen LogP contribution is 1.92. The molecule has 0 saturated heterocycles. The van der Waals surface area contributed by atoms with Crippen LogP contribution in [0.15, 0.2) is 18.5 Å². The third-order valence-corrected chi connectivity index (χ3v) is 1.48. The zero-order valence-electron chi connectivity index (χ0n) is 4.92. The van der Waals surface area contributed by atoms with Crippen LogP contribution in [0, 0.1) is 0 Å². The molecule has 9 heavy (non-hydrogen) atoms. The largest absolute Gasteiger partial charge is 0.241 e. The number of hydrogen-bond acceptors (Lipinski definition) is 2. The molecule has 0 amide bonds. The van der Waals surface area contributed by atoms with Crippen molar-refractivity contribution < 1.29 is 0 Å². The number of alkyl halides is 1. The van der Waals surface area contributed by atoms with Gasteiger partial charge in [0.05, 0.1) is 0 Å². The normalized spacial score (nSPS) is 9.44. The molecule has 0 aromatic carbocycles. The third-order valence-electron chi connectivity index (χ3n) is 0.937. The molecule has 0 bridgehead atoms. The van der Waals surface area contributed by atoms with Crippen LogP contribution in [0.1, 0.15) is 5.82 Å². The quantitative estimate of drug-likeness (QED) is 0.571. The van der Waals surface area contributed by atoms with Crippen molar-refractivity contribution in [2.45, 2.75) is 6.42 Å². The van der Waals surface area contributed by atoms with Gasteiger partial charge in [0.1, 0.15) is 5.82 Å². The summed E-state index contributed by atoms with van der Waals surface area (Å²) < 4.78 is 1.09. The second-order valence-electron chi connectivity index (χ2n) is 1.60. The maximum absolute atomic E-state index is 4.05. The van der Waals surface area contributed by atoms with Gasteiger partial charge in [-0.25, -0.2) is 9.97 Å². The van der Waals surface area contributed by atoms with Gasteiger partial charge in [0, 0.05) is 23.2 Å². The van der Waals surface area contributed by atoms with Gasteiger partial charge in [-0.1, -0.05) is 22.6 Å². The summed E-state index contributed by atoms with van der Waals surface area (Å²) in [6.45, 7) is 0. The minimum Gasteiger partial charge on any atom is -0.241 e. The fourth-order valence-corrected chi connectivity index (χ4v) is 1.03. The maximum Gasteiger partial charge on any atom is 0.128 e. The fourth-order valence-electron chi connectivity index (χ4n) is 0.544. The van der Waals surface area contributed by atoms with Crippen LogP contribution >= 0.6 is 22.6 Å². The molecule has 48 valence electrons. The first kappa shape index (κ1) is 6.92. The average molecular weight is 234 g/mol. The van der Waals surface area contributed by atoms with Crippen LogP contribution in [-0.4, -0.2) is 14.4 Å². The molecule has 2 nitrogen and oxygen atoms in total. The predicted molar refractivity (Wildman–Crippen MR) is 44.6 cm³/mol. The van der Waals surface area contributed by atoms with Gasteiger partial charge >= 0.3 is 0 Å². The zero-order chi connectivity index (χ0) is 6.53. The molecule has 0 saturated carbocycles. The van der Waals surface area contributed by atoms with Crippen LogP contribution < -0.4 is 0 Å². The van der Waals surface area contributed by atoms with Gasteiger partial charge < -0.3 is 0 Å². The van der Waals surface area contributed by atoms with E-state index in [-0.39, 0.29) is 0 Å². The molecule has 0 fully saturated rings. The van der Waals surface area contributed by atoms with Crippen LogP contribution in [0.3, 0.4) is 0 Å². The van der Waals surface area contributed by atoms with Crippen LogP contribution in [0.25, 0.3) is 0 Å². The van der Waals surface area contributed by atoms with Crippen LogP contribution in [0.2, 0.25) is 0 Å². The molecule has 0 aliphatic rings. The smallest absolute Gasteiger partial charge is 0.128 e. The number of nitrogens with zero attached hydrogens (tertiary/aromatic N) is 2. The Hall–Kier alpha value is -0.190. The topological polar surface area (TPSA) is 25.8 Å². The lowest BCUT2D eigenvalue weighted by Gasteiger charge is -1.90. The SMILES string of the molecule is ICCc1ncccn1. The van der Waals surface area contributed by atoms with Gasteiger partial charge in [-0.2, -0.15) is 0 Å². The fraction of sp³-hybridized carbons (Fsp3) is 0.333. The predicted octanol–water partition coefficient (Wildman–Crippen LogP) is 1.45. The highest BCUT2D eigenvalue weighted by atomic mass is 127. The molecule has 0 radical (unpaired) electrons. The number of aryl methyl sites for hydroxylation is 1. The Bertz CT molecular complexity index is 164. The van der Waals surface area contributed by atoms with Crippen molar-refractivity contribution in [3.8, 4) is 0 Å². The Labute approximate surface area is 67.9 Å². The number of hydrogen-bond donors (Lipinski definition) is 0. The van der Waals surface area contributed by atoms with Crippen molar-refractivity contribution in [2.75, 3.05) is 4.43 Å². The summed E-state index contributed by atoms with van der Waals surface area (Å²) in [6, 6.07) is 1.83. The van der Waals surface area contributed by atoms with Crippen molar-refractivity contribution in [3.05, 3.63) is 24.3 Å². The van der Waals surface area contributed by atoms with E-state index >= 15 is 0 Å². The Morgan fingerprint density at radius 1 is 1.33 bits per heavy atom. The molecule has 1 aromatic heterocycles. The lowest BCUT2D eigenvalue weighted by molar-refractivity contribution is 0.955. The summed E-state index contributed by atoms with van der Waals surface area (Å²) in [5.41, 5.74) is 0. The van der Waals surface area contributed by atoms with Crippen molar-refractivity contribution >= 4 is 22.6 Å². The van der Waals surface area contributed by atoms with Crippen molar-refractivity contribution in [3.63, 3.8) is 0 Å². The molecule has 3 heteroatoms. The maximum atomic E-state index is 4.05. The molecule has 0 unspecified atom stereocenters. The first-order valence-corrected chi connectivity index (χ1v) is 4.28. The van der Waals surface area contributed by atoms with Gasteiger partial charge in [0.2, 0.25) is 0 Å². The highest BCUT2D eigenvalue weighted by molar-refractivity contribution is 14.1. The van der Waals surface area contributed by atoms with Gasteiger partial charge in [-0.05, 0) is 6.07 Å². The van der Waals surface area contributed by atoms with Crippen molar-refractivity contribution in [2.24, 2.45) is 0 Å². The zero-order valence-corrected chi connectivity index (χ0v) is 7.08. The summed E-state index contributed by atoms with van der Waals surface area (Å²) in [6.07, 6.45) is 4.52. The molecule has 1 aromatic rings. The molecular formula is C6H7IN2. The third kappa shape index (κ3) is 2.26. The number of rotatable bonds is 2. The Morgan fingerprint density at radius 2 is 2.00 bits per heavy atom. The lowest BCUT2D eigenvalue weighted by atomic mass is 10.4. The summed E-state index contributed by atoms with van der Waals surface area (Å²) in [4.78, 5) is 8.11. The second-order valence-corrected chi connectivity index (χ2v) is 2.68. The van der Waals surface area contributed by atoms with Gasteiger partial charge in [0.25, 0.3) is 0 Å². The first-order chi connectivity index (χ1) is 4.43. The summed E-state index contributed by atoms with van der Waals surface area (Å²) in [5, 5.41) is 0. The molecule has 0 N–H and O–H groups in total. The summed E-state index contributed by atoms with van der Waals surface area (Å²) in [7, 11) is 0. The molecular weight excluding hydrogens is 227 g/mol. The lowest BCUT2D eigenvalue weighted by Crippen LogP contribution is -1.92. The second kappa shape index (κ2) is 3.76. The minimum atomic E-state index is 0.937. The van der Waals surface area contributed by atoms with E-state index in [1.807, 2.05) is 6.07 Å². The summed E-state index contributed by atoms with van der Waals surface area (Å²) >= 11 is 2.31. The Balaban J connectivity index is 2.61. The van der Waals surface area contributed by atoms with E-state index in [4.69, 9.17) is 0 Å². The highest BCUT2D eigenvalue weighted by Gasteiger charge is 1.88. The van der Waals surface area contributed by atoms with Gasteiger partial charge in [0.15, 0.2) is 0 Å². The Morgan fingerprint density at radius 3 is 2.56 bits per heavy atom. The van der Waals surface area contributed by atoms with Gasteiger partial charge in [-0.3, -0.25) is 0 Å². The van der Waals surface area contributed by atoms with Gasteiger partial charge in [-0.15, -0.1) is 0 Å². The minimum absolute atomic E-state index is 0.937. The van der Waals surface area contributed by atoms with Crippen LogP contribution in [0.4, 0.5) is 0 Å². The number of halogens is 1. The van der Waals surface area contributed by atoms with E-state index in [9.17, 15) is 0 Å². The van der Waals surface area contributed by atoms with E-state index < -0.39 is 0 Å². The molecule has 0 aliphatic carbocycles. The van der Waals surface area contributed by atoms with Crippen molar-refractivity contribution in [1.82, 2.24) is 9.97 Å².